The highest BCUT2D eigenvalue weighted by molar-refractivity contribution is 7.99. The van der Waals surface area contributed by atoms with Crippen LogP contribution in [0.25, 0.3) is 0 Å². The van der Waals surface area contributed by atoms with Gasteiger partial charge in [-0.05, 0) is 11.6 Å². The van der Waals surface area contributed by atoms with Gasteiger partial charge in [0.2, 0.25) is 0 Å². The summed E-state index contributed by atoms with van der Waals surface area (Å²) in [6.07, 6.45) is 3.73. The first-order valence-corrected chi connectivity index (χ1v) is 6.52. The molecular formula is C11H13N3OS. The summed E-state index contributed by atoms with van der Waals surface area (Å²) < 4.78 is 0. The Bertz CT molecular complexity index is 435. The summed E-state index contributed by atoms with van der Waals surface area (Å²) in [5, 5.41) is 9.06. The maximum Gasteiger partial charge on any atom is 0.155 e. The van der Waals surface area contributed by atoms with Crippen molar-refractivity contribution in [3.05, 3.63) is 17.8 Å². The van der Waals surface area contributed by atoms with E-state index in [2.05, 4.69) is 14.9 Å². The Morgan fingerprint density at radius 1 is 1.56 bits per heavy atom. The Morgan fingerprint density at radius 3 is 3.38 bits per heavy atom. The van der Waals surface area contributed by atoms with Gasteiger partial charge in [0.15, 0.2) is 5.82 Å². The number of fused-ring (bicyclic) bond motifs is 3. The zero-order valence-electron chi connectivity index (χ0n) is 8.83. The fraction of sp³-hybridized carbons (Fsp3) is 0.455. The first-order valence-electron chi connectivity index (χ1n) is 5.37. The SMILES string of the molecule is OCc1cnc2c(c1)N=CC1CSCCN21. The van der Waals surface area contributed by atoms with Crippen LogP contribution in [-0.2, 0) is 6.61 Å². The summed E-state index contributed by atoms with van der Waals surface area (Å²) >= 11 is 1.96. The number of nitrogens with zero attached hydrogens (tertiary/aromatic N) is 3. The third-order valence-electron chi connectivity index (χ3n) is 2.91. The molecule has 4 nitrogen and oxygen atoms in total. The summed E-state index contributed by atoms with van der Waals surface area (Å²) in [7, 11) is 0. The van der Waals surface area contributed by atoms with Gasteiger partial charge in [0, 0.05) is 30.5 Å². The quantitative estimate of drug-likeness (QED) is 0.795. The number of anilines is 1. The molecule has 1 aromatic heterocycles. The van der Waals surface area contributed by atoms with Crippen molar-refractivity contribution < 1.29 is 5.11 Å². The molecule has 0 saturated carbocycles. The number of aromatic nitrogens is 1. The fourth-order valence-corrected chi connectivity index (χ4v) is 3.07. The van der Waals surface area contributed by atoms with Gasteiger partial charge in [0.05, 0.1) is 12.6 Å². The Morgan fingerprint density at radius 2 is 2.50 bits per heavy atom. The normalized spacial score (nSPS) is 22.8. The van der Waals surface area contributed by atoms with E-state index in [1.54, 1.807) is 6.20 Å². The zero-order chi connectivity index (χ0) is 11.0. The van der Waals surface area contributed by atoms with Gasteiger partial charge in [-0.15, -0.1) is 0 Å². The van der Waals surface area contributed by atoms with Crippen LogP contribution >= 0.6 is 11.8 Å². The number of aliphatic imine (C=N–C) groups is 1. The van der Waals surface area contributed by atoms with Gasteiger partial charge in [-0.3, -0.25) is 4.99 Å². The van der Waals surface area contributed by atoms with Crippen molar-refractivity contribution in [1.82, 2.24) is 4.98 Å². The molecule has 2 aliphatic heterocycles. The molecule has 0 amide bonds. The predicted molar refractivity (Wildman–Crippen MR) is 66.8 cm³/mol. The Balaban J connectivity index is 2.01. The molecule has 0 radical (unpaired) electrons. The molecule has 0 bridgehead atoms. The van der Waals surface area contributed by atoms with Crippen LogP contribution < -0.4 is 4.90 Å². The molecule has 3 rings (SSSR count). The lowest BCUT2D eigenvalue weighted by Gasteiger charge is -2.36. The Hall–Kier alpha value is -1.07. The topological polar surface area (TPSA) is 48.7 Å². The second-order valence-corrected chi connectivity index (χ2v) is 5.11. The van der Waals surface area contributed by atoms with Crippen molar-refractivity contribution in [3.8, 4) is 0 Å². The molecule has 0 spiro atoms. The molecule has 0 aliphatic carbocycles. The van der Waals surface area contributed by atoms with Crippen molar-refractivity contribution in [1.29, 1.82) is 0 Å². The van der Waals surface area contributed by atoms with Crippen LogP contribution in [-0.4, -0.2) is 40.4 Å². The van der Waals surface area contributed by atoms with Crippen LogP contribution in [0.2, 0.25) is 0 Å². The van der Waals surface area contributed by atoms with Gasteiger partial charge in [-0.1, -0.05) is 0 Å². The van der Waals surface area contributed by atoms with Crippen molar-refractivity contribution in [2.75, 3.05) is 23.0 Å². The lowest BCUT2D eigenvalue weighted by molar-refractivity contribution is 0.281. The minimum atomic E-state index is 0.0229. The number of aliphatic hydroxyl groups excluding tert-OH is 1. The molecule has 16 heavy (non-hydrogen) atoms. The van der Waals surface area contributed by atoms with Gasteiger partial charge >= 0.3 is 0 Å². The second kappa shape index (κ2) is 4.07. The van der Waals surface area contributed by atoms with Crippen LogP contribution in [0, 0.1) is 0 Å². The van der Waals surface area contributed by atoms with Crippen LogP contribution in [0.15, 0.2) is 17.3 Å². The molecule has 0 aromatic carbocycles. The molecule has 1 saturated heterocycles. The fourth-order valence-electron chi connectivity index (χ4n) is 2.07. The van der Waals surface area contributed by atoms with Crippen molar-refractivity contribution >= 4 is 29.5 Å². The van der Waals surface area contributed by atoms with Crippen LogP contribution in [0.3, 0.4) is 0 Å². The lowest BCUT2D eigenvalue weighted by atomic mass is 10.2. The third kappa shape index (κ3) is 1.60. The number of pyridine rings is 1. The molecule has 1 fully saturated rings. The van der Waals surface area contributed by atoms with E-state index in [0.717, 1.165) is 35.1 Å². The smallest absolute Gasteiger partial charge is 0.155 e. The summed E-state index contributed by atoms with van der Waals surface area (Å²) in [5.41, 5.74) is 1.70. The number of aliphatic hydroxyl groups is 1. The summed E-state index contributed by atoms with van der Waals surface area (Å²) in [4.78, 5) is 11.2. The van der Waals surface area contributed by atoms with Crippen LogP contribution in [0.5, 0.6) is 0 Å². The summed E-state index contributed by atoms with van der Waals surface area (Å²) in [6.45, 7) is 1.05. The molecule has 1 aromatic rings. The maximum absolute atomic E-state index is 9.06. The van der Waals surface area contributed by atoms with Crippen molar-refractivity contribution in [2.45, 2.75) is 12.6 Å². The van der Waals surface area contributed by atoms with E-state index in [1.807, 2.05) is 24.0 Å². The maximum atomic E-state index is 9.06. The molecule has 1 unspecified atom stereocenters. The largest absolute Gasteiger partial charge is 0.392 e. The second-order valence-electron chi connectivity index (χ2n) is 3.96. The van der Waals surface area contributed by atoms with Crippen molar-refractivity contribution in [3.63, 3.8) is 0 Å². The van der Waals surface area contributed by atoms with Crippen LogP contribution in [0.1, 0.15) is 5.56 Å². The highest BCUT2D eigenvalue weighted by Crippen LogP contribution is 2.34. The van der Waals surface area contributed by atoms with Crippen molar-refractivity contribution in [2.24, 2.45) is 4.99 Å². The van der Waals surface area contributed by atoms with Crippen LogP contribution in [0.4, 0.5) is 11.5 Å². The highest BCUT2D eigenvalue weighted by atomic mass is 32.2. The Labute approximate surface area is 98.4 Å². The van der Waals surface area contributed by atoms with E-state index in [1.165, 1.54) is 0 Å². The van der Waals surface area contributed by atoms with Gasteiger partial charge < -0.3 is 10.0 Å². The van der Waals surface area contributed by atoms with E-state index in [-0.39, 0.29) is 6.61 Å². The third-order valence-corrected chi connectivity index (χ3v) is 3.96. The van der Waals surface area contributed by atoms with E-state index in [9.17, 15) is 0 Å². The number of thioether (sulfide) groups is 1. The Kier molecular flexibility index (Phi) is 2.57. The van der Waals surface area contributed by atoms with Gasteiger partial charge in [-0.25, -0.2) is 4.98 Å². The molecule has 1 N–H and O–H groups in total. The molecule has 3 heterocycles. The number of hydrogen-bond donors (Lipinski definition) is 1. The molecule has 2 aliphatic rings. The van der Waals surface area contributed by atoms with Gasteiger partial charge in [0.1, 0.15) is 5.69 Å². The molecular weight excluding hydrogens is 222 g/mol. The zero-order valence-corrected chi connectivity index (χ0v) is 9.65. The standard InChI is InChI=1S/C11H13N3OS/c15-6-8-3-10-11(13-4-8)14-1-2-16-7-9(14)5-12-10/h3-5,9,15H,1-2,6-7H2. The molecule has 84 valence electrons. The highest BCUT2D eigenvalue weighted by Gasteiger charge is 2.27. The molecule has 5 heteroatoms. The van der Waals surface area contributed by atoms with Gasteiger partial charge in [0.25, 0.3) is 0 Å². The van der Waals surface area contributed by atoms with E-state index >= 15 is 0 Å². The van der Waals surface area contributed by atoms with E-state index < -0.39 is 0 Å². The minimum absolute atomic E-state index is 0.0229. The summed E-state index contributed by atoms with van der Waals surface area (Å²) in [6, 6.07) is 2.30. The van der Waals surface area contributed by atoms with Gasteiger partial charge in [-0.2, -0.15) is 11.8 Å². The average molecular weight is 235 g/mol. The number of rotatable bonds is 1. The van der Waals surface area contributed by atoms with E-state index in [4.69, 9.17) is 5.11 Å². The first-order chi connectivity index (χ1) is 7.88. The number of hydrogen-bond acceptors (Lipinski definition) is 5. The predicted octanol–water partition coefficient (Wildman–Crippen LogP) is 1.21. The summed E-state index contributed by atoms with van der Waals surface area (Å²) in [5.74, 6) is 3.20. The van der Waals surface area contributed by atoms with E-state index in [0.29, 0.717) is 6.04 Å². The lowest BCUT2D eigenvalue weighted by Crippen LogP contribution is -2.45. The minimum Gasteiger partial charge on any atom is -0.392 e. The average Bonchev–Trinajstić information content (AvgIpc) is 2.38. The monoisotopic (exact) mass is 235 g/mol. The molecule has 1 atom stereocenters. The first kappa shape index (κ1) is 10.1.